The minimum atomic E-state index is -0.230. The van der Waals surface area contributed by atoms with Crippen LogP contribution in [-0.4, -0.2) is 17.4 Å². The Hall–Kier alpha value is -1.35. The summed E-state index contributed by atoms with van der Waals surface area (Å²) in [5.41, 5.74) is 6.54. The fraction of sp³-hybridized carbons (Fsp3) is 0.231. The summed E-state index contributed by atoms with van der Waals surface area (Å²) in [6.07, 6.45) is 0.990. The molecule has 0 atom stereocenters. The first-order chi connectivity index (χ1) is 9.60. The molecule has 20 heavy (non-hydrogen) atoms. The molecule has 106 valence electrons. The Balaban J connectivity index is 2.11. The first kappa shape index (κ1) is 15.0. The molecule has 1 aromatic carbocycles. The first-order valence-corrected chi connectivity index (χ1v) is 8.06. The molecule has 7 heteroatoms. The quantitative estimate of drug-likeness (QED) is 0.670. The van der Waals surface area contributed by atoms with E-state index in [0.717, 1.165) is 22.2 Å². The number of rotatable bonds is 5. The lowest BCUT2D eigenvalue weighted by Crippen LogP contribution is -2.12. The lowest BCUT2D eigenvalue weighted by molar-refractivity contribution is 0.103. The van der Waals surface area contributed by atoms with Crippen LogP contribution >= 0.6 is 33.9 Å². The van der Waals surface area contributed by atoms with E-state index in [1.807, 2.05) is 24.3 Å². The normalized spacial score (nSPS) is 10.3. The van der Waals surface area contributed by atoms with Gasteiger partial charge in [-0.3, -0.25) is 4.79 Å². The van der Waals surface area contributed by atoms with Gasteiger partial charge in [-0.25, -0.2) is 4.98 Å². The van der Waals surface area contributed by atoms with E-state index in [4.69, 9.17) is 5.73 Å². The van der Waals surface area contributed by atoms with E-state index in [2.05, 4.69) is 45.1 Å². The van der Waals surface area contributed by atoms with E-state index >= 15 is 0 Å². The number of hydrogen-bond donors (Lipinski definition) is 3. The molecule has 2 aromatic rings. The predicted octanol–water partition coefficient (Wildman–Crippen LogP) is 3.40. The molecule has 1 heterocycles. The van der Waals surface area contributed by atoms with Gasteiger partial charge in [-0.2, -0.15) is 0 Å². The maximum Gasteiger partial charge on any atom is 0.269 e. The van der Waals surface area contributed by atoms with E-state index in [9.17, 15) is 4.79 Å². The van der Waals surface area contributed by atoms with Crippen molar-refractivity contribution < 1.29 is 4.79 Å². The SMILES string of the molecule is CCCNc1nc(N)c(C(=O)Nc2cccc(I)c2)s1. The Kier molecular flexibility index (Phi) is 5.18. The highest BCUT2D eigenvalue weighted by atomic mass is 127. The monoisotopic (exact) mass is 402 g/mol. The van der Waals surface area contributed by atoms with Crippen LogP contribution in [0.25, 0.3) is 0 Å². The van der Waals surface area contributed by atoms with E-state index in [1.165, 1.54) is 11.3 Å². The Labute approximate surface area is 135 Å². The minimum Gasteiger partial charge on any atom is -0.382 e. The number of carbonyl (C=O) groups is 1. The number of amides is 1. The first-order valence-electron chi connectivity index (χ1n) is 6.17. The van der Waals surface area contributed by atoms with Gasteiger partial charge in [-0.1, -0.05) is 24.3 Å². The summed E-state index contributed by atoms with van der Waals surface area (Å²) < 4.78 is 1.06. The molecular formula is C13H15IN4OS. The van der Waals surface area contributed by atoms with E-state index in [1.54, 1.807) is 0 Å². The second-order valence-electron chi connectivity index (χ2n) is 4.12. The van der Waals surface area contributed by atoms with Gasteiger partial charge < -0.3 is 16.4 Å². The lowest BCUT2D eigenvalue weighted by Gasteiger charge is -2.04. The van der Waals surface area contributed by atoms with Crippen LogP contribution < -0.4 is 16.4 Å². The second-order valence-corrected chi connectivity index (χ2v) is 6.37. The molecular weight excluding hydrogens is 387 g/mol. The zero-order valence-corrected chi connectivity index (χ0v) is 13.9. The van der Waals surface area contributed by atoms with Crippen LogP contribution in [0, 0.1) is 3.57 Å². The fourth-order valence-electron chi connectivity index (χ4n) is 1.56. The maximum absolute atomic E-state index is 12.2. The number of thiazole rings is 1. The van der Waals surface area contributed by atoms with Gasteiger partial charge in [-0.15, -0.1) is 0 Å². The summed E-state index contributed by atoms with van der Waals surface area (Å²) in [6, 6.07) is 7.59. The van der Waals surface area contributed by atoms with Crippen molar-refractivity contribution in [3.63, 3.8) is 0 Å². The average Bonchev–Trinajstić information content (AvgIpc) is 2.77. The zero-order chi connectivity index (χ0) is 14.5. The summed E-state index contributed by atoms with van der Waals surface area (Å²) in [7, 11) is 0. The molecule has 0 unspecified atom stereocenters. The number of halogens is 1. The number of nitrogen functional groups attached to an aromatic ring is 1. The lowest BCUT2D eigenvalue weighted by atomic mass is 10.3. The summed E-state index contributed by atoms with van der Waals surface area (Å²) >= 11 is 3.47. The third-order valence-corrected chi connectivity index (χ3v) is 4.17. The Morgan fingerprint density at radius 1 is 1.50 bits per heavy atom. The number of nitrogens with zero attached hydrogens (tertiary/aromatic N) is 1. The van der Waals surface area contributed by atoms with Crippen LogP contribution in [0.1, 0.15) is 23.0 Å². The number of carbonyl (C=O) groups excluding carboxylic acids is 1. The largest absolute Gasteiger partial charge is 0.382 e. The molecule has 5 nitrogen and oxygen atoms in total. The molecule has 0 saturated heterocycles. The molecule has 0 saturated carbocycles. The third kappa shape index (κ3) is 3.83. The van der Waals surface area contributed by atoms with Gasteiger partial charge in [0.05, 0.1) is 0 Å². The topological polar surface area (TPSA) is 80.0 Å². The molecule has 1 aromatic heterocycles. The third-order valence-electron chi connectivity index (χ3n) is 2.47. The summed E-state index contributed by atoms with van der Waals surface area (Å²) in [4.78, 5) is 16.8. The Bertz CT molecular complexity index is 614. The van der Waals surface area contributed by atoms with Crippen LogP contribution in [0.15, 0.2) is 24.3 Å². The van der Waals surface area contributed by atoms with Crippen LogP contribution in [0.3, 0.4) is 0 Å². The van der Waals surface area contributed by atoms with Gasteiger partial charge >= 0.3 is 0 Å². The summed E-state index contributed by atoms with van der Waals surface area (Å²) in [6.45, 7) is 2.87. The van der Waals surface area contributed by atoms with Crippen molar-refractivity contribution in [3.8, 4) is 0 Å². The van der Waals surface area contributed by atoms with Gasteiger partial charge in [0.1, 0.15) is 10.7 Å². The number of benzene rings is 1. The number of anilines is 3. The summed E-state index contributed by atoms with van der Waals surface area (Å²) in [5, 5.41) is 6.64. The molecule has 0 aliphatic carbocycles. The van der Waals surface area contributed by atoms with Crippen LogP contribution in [-0.2, 0) is 0 Å². The molecule has 0 bridgehead atoms. The highest BCUT2D eigenvalue weighted by Crippen LogP contribution is 2.26. The molecule has 2 rings (SSSR count). The van der Waals surface area contributed by atoms with Crippen LogP contribution in [0.5, 0.6) is 0 Å². The predicted molar refractivity (Wildman–Crippen MR) is 92.4 cm³/mol. The minimum absolute atomic E-state index is 0.230. The van der Waals surface area contributed by atoms with Crippen molar-refractivity contribution in [2.45, 2.75) is 13.3 Å². The van der Waals surface area contributed by atoms with Gasteiger partial charge in [0, 0.05) is 15.8 Å². The van der Waals surface area contributed by atoms with Crippen molar-refractivity contribution in [1.82, 2.24) is 4.98 Å². The highest BCUT2D eigenvalue weighted by molar-refractivity contribution is 14.1. The van der Waals surface area contributed by atoms with E-state index in [0.29, 0.717) is 10.0 Å². The van der Waals surface area contributed by atoms with E-state index < -0.39 is 0 Å². The second kappa shape index (κ2) is 6.89. The molecule has 0 fully saturated rings. The van der Waals surface area contributed by atoms with Crippen molar-refractivity contribution in [3.05, 3.63) is 32.7 Å². The molecule has 0 aliphatic heterocycles. The molecule has 1 amide bonds. The van der Waals surface area contributed by atoms with E-state index in [-0.39, 0.29) is 11.7 Å². The molecule has 0 radical (unpaired) electrons. The van der Waals surface area contributed by atoms with Crippen molar-refractivity contribution in [2.75, 3.05) is 22.9 Å². The van der Waals surface area contributed by atoms with Crippen molar-refractivity contribution >= 4 is 56.5 Å². The highest BCUT2D eigenvalue weighted by Gasteiger charge is 2.16. The fourth-order valence-corrected chi connectivity index (χ4v) is 2.90. The molecule has 0 spiro atoms. The van der Waals surface area contributed by atoms with Crippen molar-refractivity contribution in [1.29, 1.82) is 0 Å². The van der Waals surface area contributed by atoms with Gasteiger partial charge in [0.2, 0.25) is 0 Å². The van der Waals surface area contributed by atoms with Gasteiger partial charge in [0.25, 0.3) is 5.91 Å². The Morgan fingerprint density at radius 2 is 2.30 bits per heavy atom. The number of nitrogens with one attached hydrogen (secondary N) is 2. The van der Waals surface area contributed by atoms with Crippen LogP contribution in [0.2, 0.25) is 0 Å². The average molecular weight is 402 g/mol. The van der Waals surface area contributed by atoms with Gasteiger partial charge in [0.15, 0.2) is 5.13 Å². The zero-order valence-electron chi connectivity index (χ0n) is 10.9. The summed E-state index contributed by atoms with van der Waals surface area (Å²) in [5.74, 6) is 0.0308. The number of nitrogens with two attached hydrogens (primary N) is 1. The molecule has 4 N–H and O–H groups in total. The standard InChI is InChI=1S/C13H15IN4OS/c1-2-6-16-13-18-11(15)10(20-13)12(19)17-9-5-3-4-8(14)7-9/h3-5,7H,2,6,15H2,1H3,(H,16,18)(H,17,19). The number of aromatic nitrogens is 1. The van der Waals surface area contributed by atoms with Crippen molar-refractivity contribution in [2.24, 2.45) is 0 Å². The Morgan fingerprint density at radius 3 is 3.00 bits per heavy atom. The van der Waals surface area contributed by atoms with Gasteiger partial charge in [-0.05, 0) is 47.2 Å². The maximum atomic E-state index is 12.2. The number of hydrogen-bond acceptors (Lipinski definition) is 5. The smallest absolute Gasteiger partial charge is 0.269 e. The molecule has 0 aliphatic rings. The van der Waals surface area contributed by atoms with Crippen LogP contribution in [0.4, 0.5) is 16.6 Å².